The van der Waals surface area contributed by atoms with Gasteiger partial charge in [0.15, 0.2) is 6.10 Å². The van der Waals surface area contributed by atoms with Crippen molar-refractivity contribution in [1.82, 2.24) is 9.78 Å². The molecule has 1 aromatic heterocycles. The van der Waals surface area contributed by atoms with Crippen LogP contribution in [0.25, 0.3) is 6.08 Å². The second-order valence-electron chi connectivity index (χ2n) is 7.50. The van der Waals surface area contributed by atoms with Gasteiger partial charge in [-0.1, -0.05) is 59.7 Å². The molecule has 5 nitrogen and oxygen atoms in total. The number of Topliss-reactive ketones (excluding diaryl/α,β-unsaturated/α-hetero) is 1. The highest BCUT2D eigenvalue weighted by atomic mass is 16.5. The molecule has 0 bridgehead atoms. The zero-order valence-corrected chi connectivity index (χ0v) is 18.0. The number of aryl methyl sites for hydroxylation is 4. The summed E-state index contributed by atoms with van der Waals surface area (Å²) >= 11 is 0. The number of esters is 1. The molecule has 154 valence electrons. The zero-order chi connectivity index (χ0) is 21.8. The number of rotatable bonds is 6. The molecule has 0 aliphatic carbocycles. The lowest BCUT2D eigenvalue weighted by atomic mass is 9.98. The number of hydrogen-bond donors (Lipinski definition) is 0. The third-order valence-corrected chi connectivity index (χ3v) is 5.14. The van der Waals surface area contributed by atoms with Crippen LogP contribution in [-0.4, -0.2) is 21.5 Å². The first-order valence-electron chi connectivity index (χ1n) is 9.82. The van der Waals surface area contributed by atoms with Crippen LogP contribution in [0.15, 0.2) is 54.6 Å². The number of ketones is 1. The largest absolute Gasteiger partial charge is 0.446 e. The van der Waals surface area contributed by atoms with E-state index in [1.54, 1.807) is 22.9 Å². The standard InChI is InChI=1S/C25H26N2O3/c1-16-6-10-20(11-7-16)24(29)25(21-12-8-17(2)9-13-21)30-23(28)15-14-22-18(3)26-27(5)19(22)4/h6-15,25H,1-5H3/b15-14+/t25-/m0/s1. The molecule has 0 saturated heterocycles. The van der Waals surface area contributed by atoms with Gasteiger partial charge in [-0.15, -0.1) is 0 Å². The smallest absolute Gasteiger partial charge is 0.331 e. The summed E-state index contributed by atoms with van der Waals surface area (Å²) in [4.78, 5) is 25.7. The van der Waals surface area contributed by atoms with Gasteiger partial charge in [-0.3, -0.25) is 9.48 Å². The van der Waals surface area contributed by atoms with Crippen molar-refractivity contribution in [2.75, 3.05) is 0 Å². The predicted octanol–water partition coefficient (Wildman–Crippen LogP) is 4.83. The van der Waals surface area contributed by atoms with Crippen molar-refractivity contribution < 1.29 is 14.3 Å². The molecule has 0 aliphatic rings. The van der Waals surface area contributed by atoms with E-state index in [1.807, 2.05) is 71.1 Å². The summed E-state index contributed by atoms with van der Waals surface area (Å²) in [7, 11) is 1.85. The molecule has 0 N–H and O–H groups in total. The maximum atomic E-state index is 13.1. The summed E-state index contributed by atoms with van der Waals surface area (Å²) in [6, 6.07) is 14.7. The number of carbonyl (C=O) groups excluding carboxylic acids is 2. The highest BCUT2D eigenvalue weighted by Crippen LogP contribution is 2.24. The third kappa shape index (κ3) is 4.74. The molecule has 0 radical (unpaired) electrons. The molecule has 30 heavy (non-hydrogen) atoms. The molecule has 1 heterocycles. The van der Waals surface area contributed by atoms with Gasteiger partial charge in [0.2, 0.25) is 5.78 Å². The Morgan fingerprint density at radius 2 is 1.50 bits per heavy atom. The maximum Gasteiger partial charge on any atom is 0.331 e. The van der Waals surface area contributed by atoms with Crippen molar-refractivity contribution in [1.29, 1.82) is 0 Å². The quantitative estimate of drug-likeness (QED) is 0.336. The average Bonchev–Trinajstić information content (AvgIpc) is 2.96. The molecule has 2 aromatic carbocycles. The molecule has 0 fully saturated rings. The summed E-state index contributed by atoms with van der Waals surface area (Å²) < 4.78 is 7.39. The topological polar surface area (TPSA) is 61.2 Å². The van der Waals surface area contributed by atoms with Crippen LogP contribution in [0.5, 0.6) is 0 Å². The molecule has 1 atom stereocenters. The van der Waals surface area contributed by atoms with E-state index < -0.39 is 12.1 Å². The maximum absolute atomic E-state index is 13.1. The Labute approximate surface area is 177 Å². The van der Waals surface area contributed by atoms with E-state index in [4.69, 9.17) is 4.74 Å². The van der Waals surface area contributed by atoms with Crippen LogP contribution in [0.3, 0.4) is 0 Å². The molecule has 3 rings (SSSR count). The molecule has 0 saturated carbocycles. The Hall–Kier alpha value is -3.47. The van der Waals surface area contributed by atoms with Crippen LogP contribution in [0.2, 0.25) is 0 Å². The number of hydrogen-bond acceptors (Lipinski definition) is 4. The fourth-order valence-electron chi connectivity index (χ4n) is 3.22. The van der Waals surface area contributed by atoms with Crippen LogP contribution in [-0.2, 0) is 16.6 Å². The Kier molecular flexibility index (Phi) is 6.31. The monoisotopic (exact) mass is 402 g/mol. The summed E-state index contributed by atoms with van der Waals surface area (Å²) in [5.41, 5.74) is 5.90. The lowest BCUT2D eigenvalue weighted by Crippen LogP contribution is -2.19. The fraction of sp³-hybridized carbons (Fsp3) is 0.240. The molecule has 0 amide bonds. The van der Waals surface area contributed by atoms with Gasteiger partial charge < -0.3 is 4.74 Å². The summed E-state index contributed by atoms with van der Waals surface area (Å²) in [5, 5.41) is 4.34. The van der Waals surface area contributed by atoms with Crippen LogP contribution < -0.4 is 0 Å². The first kappa shape index (κ1) is 21.2. The Morgan fingerprint density at radius 1 is 0.933 bits per heavy atom. The molecular formula is C25H26N2O3. The molecule has 5 heteroatoms. The average molecular weight is 402 g/mol. The third-order valence-electron chi connectivity index (χ3n) is 5.14. The SMILES string of the molecule is Cc1ccc(C(=O)[C@@H](OC(=O)/C=C/c2c(C)nn(C)c2C)c2ccc(C)cc2)cc1. The molecule has 3 aromatic rings. The van der Waals surface area contributed by atoms with Crippen LogP contribution >= 0.6 is 0 Å². The van der Waals surface area contributed by atoms with Crippen molar-refractivity contribution in [2.45, 2.75) is 33.8 Å². The molecular weight excluding hydrogens is 376 g/mol. The van der Waals surface area contributed by atoms with Gasteiger partial charge >= 0.3 is 5.97 Å². The summed E-state index contributed by atoms with van der Waals surface area (Å²) in [6.07, 6.45) is 2.02. The van der Waals surface area contributed by atoms with Crippen molar-refractivity contribution >= 4 is 17.8 Å². The normalized spacial score (nSPS) is 12.2. The number of aromatic nitrogens is 2. The van der Waals surface area contributed by atoms with Crippen molar-refractivity contribution in [3.8, 4) is 0 Å². The summed E-state index contributed by atoms with van der Waals surface area (Å²) in [6.45, 7) is 7.74. The van der Waals surface area contributed by atoms with Gasteiger partial charge in [-0.25, -0.2) is 4.79 Å². The number of benzene rings is 2. The molecule has 0 aliphatic heterocycles. The van der Waals surface area contributed by atoms with Crippen LogP contribution in [0.1, 0.15) is 50.1 Å². The van der Waals surface area contributed by atoms with E-state index in [-0.39, 0.29) is 5.78 Å². The van der Waals surface area contributed by atoms with Crippen molar-refractivity contribution in [2.24, 2.45) is 7.05 Å². The van der Waals surface area contributed by atoms with E-state index >= 15 is 0 Å². The first-order valence-corrected chi connectivity index (χ1v) is 9.82. The van der Waals surface area contributed by atoms with Gasteiger partial charge in [0, 0.05) is 35.5 Å². The minimum absolute atomic E-state index is 0.255. The Bertz CT molecular complexity index is 1090. The van der Waals surface area contributed by atoms with Crippen LogP contribution in [0, 0.1) is 27.7 Å². The van der Waals surface area contributed by atoms with Crippen molar-refractivity contribution in [3.63, 3.8) is 0 Å². The number of carbonyl (C=O) groups is 2. The van der Waals surface area contributed by atoms with Crippen molar-refractivity contribution in [3.05, 3.63) is 93.8 Å². The summed E-state index contributed by atoms with van der Waals surface area (Å²) in [5.74, 6) is -0.835. The lowest BCUT2D eigenvalue weighted by Gasteiger charge is -2.17. The highest BCUT2D eigenvalue weighted by Gasteiger charge is 2.25. The van der Waals surface area contributed by atoms with E-state index in [0.717, 1.165) is 28.1 Å². The number of ether oxygens (including phenoxy) is 1. The molecule has 0 unspecified atom stereocenters. The van der Waals surface area contributed by atoms with E-state index in [0.29, 0.717) is 11.1 Å². The predicted molar refractivity (Wildman–Crippen MR) is 117 cm³/mol. The second kappa shape index (κ2) is 8.91. The minimum atomic E-state index is -1.01. The van der Waals surface area contributed by atoms with Gasteiger partial charge in [0.25, 0.3) is 0 Å². The second-order valence-corrected chi connectivity index (χ2v) is 7.50. The lowest BCUT2D eigenvalue weighted by molar-refractivity contribution is -0.141. The highest BCUT2D eigenvalue weighted by molar-refractivity contribution is 6.01. The Balaban J connectivity index is 1.87. The van der Waals surface area contributed by atoms with Gasteiger partial charge in [0.1, 0.15) is 0 Å². The fourth-order valence-corrected chi connectivity index (χ4v) is 3.22. The van der Waals surface area contributed by atoms with Gasteiger partial charge in [0.05, 0.1) is 5.69 Å². The van der Waals surface area contributed by atoms with E-state index in [2.05, 4.69) is 5.10 Å². The van der Waals surface area contributed by atoms with E-state index in [1.165, 1.54) is 6.08 Å². The molecule has 0 spiro atoms. The van der Waals surface area contributed by atoms with Gasteiger partial charge in [-0.05, 0) is 33.8 Å². The van der Waals surface area contributed by atoms with Gasteiger partial charge in [-0.2, -0.15) is 5.10 Å². The zero-order valence-electron chi connectivity index (χ0n) is 18.0. The van der Waals surface area contributed by atoms with Crippen LogP contribution in [0.4, 0.5) is 0 Å². The first-order chi connectivity index (χ1) is 14.3. The number of nitrogens with zero attached hydrogens (tertiary/aromatic N) is 2. The Morgan fingerprint density at radius 3 is 2.03 bits per heavy atom. The van der Waals surface area contributed by atoms with E-state index in [9.17, 15) is 9.59 Å². The minimum Gasteiger partial charge on any atom is -0.446 e.